The molecule has 2 aromatic carbocycles. The smallest absolute Gasteiger partial charge is 0.254 e. The van der Waals surface area contributed by atoms with Crippen LogP contribution in [0.25, 0.3) is 0 Å². The molecule has 124 valence electrons. The van der Waals surface area contributed by atoms with Crippen LogP contribution in [0, 0.1) is 0 Å². The van der Waals surface area contributed by atoms with Gasteiger partial charge in [-0.15, -0.1) is 0 Å². The van der Waals surface area contributed by atoms with Crippen LogP contribution in [0.2, 0.25) is 0 Å². The Morgan fingerprint density at radius 1 is 1.12 bits per heavy atom. The molecule has 0 N–H and O–H groups in total. The summed E-state index contributed by atoms with van der Waals surface area (Å²) in [4.78, 5) is 14.9. The van der Waals surface area contributed by atoms with Crippen LogP contribution in [-0.4, -0.2) is 36.6 Å². The van der Waals surface area contributed by atoms with Crippen molar-refractivity contribution in [1.82, 2.24) is 4.90 Å². The van der Waals surface area contributed by atoms with Crippen LogP contribution in [0.4, 0.5) is 0 Å². The van der Waals surface area contributed by atoms with E-state index in [2.05, 4.69) is 12.1 Å². The normalized spacial score (nSPS) is 22.8. The second-order valence-electron chi connectivity index (χ2n) is 6.48. The Kier molecular flexibility index (Phi) is 3.98. The molecule has 24 heavy (non-hydrogen) atoms. The summed E-state index contributed by atoms with van der Waals surface area (Å²) in [7, 11) is 0. The van der Waals surface area contributed by atoms with Crippen molar-refractivity contribution in [2.75, 3.05) is 19.7 Å². The highest BCUT2D eigenvalue weighted by molar-refractivity contribution is 5.94. The van der Waals surface area contributed by atoms with Crippen molar-refractivity contribution in [3.05, 3.63) is 65.2 Å². The molecule has 2 unspecified atom stereocenters. The first kappa shape index (κ1) is 15.2. The topological polar surface area (TPSA) is 38.8 Å². The third kappa shape index (κ3) is 2.89. The molecule has 0 aliphatic carbocycles. The van der Waals surface area contributed by atoms with Crippen LogP contribution in [0.3, 0.4) is 0 Å². The van der Waals surface area contributed by atoms with Crippen molar-refractivity contribution in [3.8, 4) is 5.75 Å². The minimum Gasteiger partial charge on any atom is -0.493 e. The van der Waals surface area contributed by atoms with Gasteiger partial charge < -0.3 is 14.4 Å². The highest BCUT2D eigenvalue weighted by Gasteiger charge is 2.30. The van der Waals surface area contributed by atoms with E-state index in [0.717, 1.165) is 28.9 Å². The fourth-order valence-electron chi connectivity index (χ4n) is 3.47. The van der Waals surface area contributed by atoms with Gasteiger partial charge in [0.2, 0.25) is 0 Å². The summed E-state index contributed by atoms with van der Waals surface area (Å²) in [5.41, 5.74) is 2.98. The third-order valence-electron chi connectivity index (χ3n) is 4.66. The molecular formula is C20H21NO3. The summed E-state index contributed by atoms with van der Waals surface area (Å²) < 4.78 is 11.6. The van der Waals surface area contributed by atoms with Gasteiger partial charge in [-0.05, 0) is 36.2 Å². The average molecular weight is 323 g/mol. The van der Waals surface area contributed by atoms with Gasteiger partial charge in [-0.2, -0.15) is 0 Å². The van der Waals surface area contributed by atoms with Gasteiger partial charge in [0.05, 0.1) is 19.3 Å². The average Bonchev–Trinajstić information content (AvgIpc) is 3.09. The zero-order valence-corrected chi connectivity index (χ0v) is 13.8. The van der Waals surface area contributed by atoms with E-state index in [1.165, 1.54) is 0 Å². The molecule has 1 saturated heterocycles. The highest BCUT2D eigenvalue weighted by atomic mass is 16.5. The van der Waals surface area contributed by atoms with Gasteiger partial charge in [0, 0.05) is 18.5 Å². The van der Waals surface area contributed by atoms with Gasteiger partial charge >= 0.3 is 0 Å². The molecule has 2 aliphatic heterocycles. The van der Waals surface area contributed by atoms with Gasteiger partial charge in [0.1, 0.15) is 11.9 Å². The third-order valence-corrected chi connectivity index (χ3v) is 4.66. The van der Waals surface area contributed by atoms with E-state index in [9.17, 15) is 4.79 Å². The van der Waals surface area contributed by atoms with E-state index < -0.39 is 0 Å². The summed E-state index contributed by atoms with van der Waals surface area (Å²) in [5, 5.41) is 0. The molecule has 0 spiro atoms. The Morgan fingerprint density at radius 3 is 2.79 bits per heavy atom. The number of nitrogens with zero attached hydrogens (tertiary/aromatic N) is 1. The maximum absolute atomic E-state index is 13.0. The molecule has 0 radical (unpaired) electrons. The molecule has 4 heteroatoms. The van der Waals surface area contributed by atoms with Crippen molar-refractivity contribution in [3.63, 3.8) is 0 Å². The van der Waals surface area contributed by atoms with E-state index in [0.29, 0.717) is 19.7 Å². The second kappa shape index (κ2) is 6.29. The molecule has 2 atom stereocenters. The lowest BCUT2D eigenvalue weighted by molar-refractivity contribution is -0.0691. The molecule has 2 aromatic rings. The quantitative estimate of drug-likeness (QED) is 0.852. The Bertz CT molecular complexity index is 744. The maximum atomic E-state index is 13.0. The number of ether oxygens (including phenoxy) is 2. The molecule has 4 rings (SSSR count). The number of amides is 1. The van der Waals surface area contributed by atoms with Crippen LogP contribution in [0.1, 0.15) is 34.5 Å². The maximum Gasteiger partial charge on any atom is 0.254 e. The number of hydrogen-bond donors (Lipinski definition) is 0. The lowest BCUT2D eigenvalue weighted by atomic mass is 10.0. The standard InChI is InChI=1S/C20H21NO3/c1-14-12-21(13-19(24-14)15-5-3-2-4-6-15)20(22)17-7-8-18-16(11-17)9-10-23-18/h2-8,11,14,19H,9-10,12-13H2,1H3. The van der Waals surface area contributed by atoms with E-state index in [1.807, 2.05) is 48.2 Å². The molecule has 1 fully saturated rings. The summed E-state index contributed by atoms with van der Waals surface area (Å²) in [6.45, 7) is 3.93. The van der Waals surface area contributed by atoms with Crippen LogP contribution < -0.4 is 4.74 Å². The van der Waals surface area contributed by atoms with Crippen LogP contribution in [-0.2, 0) is 11.2 Å². The summed E-state index contributed by atoms with van der Waals surface area (Å²) >= 11 is 0. The van der Waals surface area contributed by atoms with Gasteiger partial charge in [-0.1, -0.05) is 30.3 Å². The molecule has 0 aromatic heterocycles. The Labute approximate surface area is 142 Å². The fourth-order valence-corrected chi connectivity index (χ4v) is 3.47. The Morgan fingerprint density at radius 2 is 1.96 bits per heavy atom. The van der Waals surface area contributed by atoms with Crippen molar-refractivity contribution in [2.24, 2.45) is 0 Å². The minimum absolute atomic E-state index is 0.0191. The largest absolute Gasteiger partial charge is 0.493 e. The number of fused-ring (bicyclic) bond motifs is 1. The summed E-state index contributed by atoms with van der Waals surface area (Å²) in [6, 6.07) is 15.9. The molecule has 0 bridgehead atoms. The number of carbonyl (C=O) groups is 1. The fraction of sp³-hybridized carbons (Fsp3) is 0.350. The first-order valence-electron chi connectivity index (χ1n) is 8.46. The zero-order chi connectivity index (χ0) is 16.5. The monoisotopic (exact) mass is 323 g/mol. The molecule has 0 saturated carbocycles. The van der Waals surface area contributed by atoms with Crippen molar-refractivity contribution in [1.29, 1.82) is 0 Å². The van der Waals surface area contributed by atoms with Crippen molar-refractivity contribution >= 4 is 5.91 Å². The minimum atomic E-state index is -0.0725. The first-order chi connectivity index (χ1) is 11.7. The second-order valence-corrected chi connectivity index (χ2v) is 6.48. The van der Waals surface area contributed by atoms with E-state index in [1.54, 1.807) is 0 Å². The van der Waals surface area contributed by atoms with E-state index in [-0.39, 0.29) is 18.1 Å². The van der Waals surface area contributed by atoms with Crippen molar-refractivity contribution < 1.29 is 14.3 Å². The molecule has 1 amide bonds. The van der Waals surface area contributed by atoms with Crippen LogP contribution in [0.5, 0.6) is 5.75 Å². The van der Waals surface area contributed by atoms with Gasteiger partial charge in [-0.25, -0.2) is 0 Å². The number of benzene rings is 2. The lowest BCUT2D eigenvalue weighted by Crippen LogP contribution is -2.46. The lowest BCUT2D eigenvalue weighted by Gasteiger charge is -2.37. The van der Waals surface area contributed by atoms with Crippen LogP contribution in [0.15, 0.2) is 48.5 Å². The molecule has 4 nitrogen and oxygen atoms in total. The number of carbonyl (C=O) groups excluding carboxylic acids is 1. The Hall–Kier alpha value is -2.33. The highest BCUT2D eigenvalue weighted by Crippen LogP contribution is 2.29. The zero-order valence-electron chi connectivity index (χ0n) is 13.8. The SMILES string of the molecule is CC1CN(C(=O)c2ccc3c(c2)CCO3)CC(c2ccccc2)O1. The summed E-state index contributed by atoms with van der Waals surface area (Å²) in [5.74, 6) is 0.977. The van der Waals surface area contributed by atoms with Gasteiger partial charge in [0.25, 0.3) is 5.91 Å². The van der Waals surface area contributed by atoms with E-state index >= 15 is 0 Å². The number of hydrogen-bond acceptors (Lipinski definition) is 3. The van der Waals surface area contributed by atoms with Gasteiger partial charge in [-0.3, -0.25) is 4.79 Å². The summed E-state index contributed by atoms with van der Waals surface area (Å²) in [6.07, 6.45) is 0.824. The molecular weight excluding hydrogens is 302 g/mol. The Balaban J connectivity index is 1.55. The number of morpholine rings is 1. The predicted molar refractivity (Wildman–Crippen MR) is 91.3 cm³/mol. The molecule has 2 aliphatic rings. The first-order valence-corrected chi connectivity index (χ1v) is 8.46. The van der Waals surface area contributed by atoms with Gasteiger partial charge in [0.15, 0.2) is 0 Å². The van der Waals surface area contributed by atoms with Crippen LogP contribution >= 0.6 is 0 Å². The predicted octanol–water partition coefficient (Wildman–Crippen LogP) is 3.22. The number of rotatable bonds is 2. The van der Waals surface area contributed by atoms with E-state index in [4.69, 9.17) is 9.47 Å². The van der Waals surface area contributed by atoms with Crippen molar-refractivity contribution in [2.45, 2.75) is 25.6 Å². The molecule has 2 heterocycles.